The number of carboxylic acid groups (broad SMARTS) is 1. The summed E-state index contributed by atoms with van der Waals surface area (Å²) in [5.74, 6) is -2.35. The number of amides is 2. The van der Waals surface area contributed by atoms with Gasteiger partial charge >= 0.3 is 5.97 Å². The van der Waals surface area contributed by atoms with E-state index in [9.17, 15) is 14.4 Å². The van der Waals surface area contributed by atoms with E-state index in [-0.39, 0.29) is 18.4 Å². The minimum atomic E-state index is -0.911. The lowest BCUT2D eigenvalue weighted by molar-refractivity contribution is -0.150. The molecule has 6 nitrogen and oxygen atoms in total. The molecule has 6 heteroatoms. The van der Waals surface area contributed by atoms with E-state index in [4.69, 9.17) is 5.11 Å². The summed E-state index contributed by atoms with van der Waals surface area (Å²) in [7, 11) is 3.27. The Hall–Kier alpha value is -1.59. The van der Waals surface area contributed by atoms with Gasteiger partial charge in [-0.1, -0.05) is 6.42 Å². The topological polar surface area (TPSA) is 77.9 Å². The van der Waals surface area contributed by atoms with Crippen LogP contribution in [0.25, 0.3) is 0 Å². The van der Waals surface area contributed by atoms with Crippen LogP contribution in [0, 0.1) is 11.8 Å². The molecular formula is C13H22N2O4. The minimum Gasteiger partial charge on any atom is -0.481 e. The molecule has 0 bridgehead atoms. The summed E-state index contributed by atoms with van der Waals surface area (Å²) >= 11 is 0. The zero-order chi connectivity index (χ0) is 14.6. The van der Waals surface area contributed by atoms with Gasteiger partial charge in [-0.2, -0.15) is 0 Å². The highest BCUT2D eigenvalue weighted by Gasteiger charge is 2.39. The Balaban J connectivity index is 2.73. The molecule has 0 aliphatic heterocycles. The van der Waals surface area contributed by atoms with E-state index in [2.05, 4.69) is 0 Å². The first-order valence-electron chi connectivity index (χ1n) is 6.60. The van der Waals surface area contributed by atoms with Crippen LogP contribution in [0.5, 0.6) is 0 Å². The molecule has 0 radical (unpaired) electrons. The Morgan fingerprint density at radius 1 is 1.16 bits per heavy atom. The Morgan fingerprint density at radius 2 is 1.74 bits per heavy atom. The molecule has 1 saturated carbocycles. The zero-order valence-electron chi connectivity index (χ0n) is 11.8. The molecule has 1 fully saturated rings. The van der Waals surface area contributed by atoms with Crippen molar-refractivity contribution in [1.82, 2.24) is 9.80 Å². The summed E-state index contributed by atoms with van der Waals surface area (Å²) < 4.78 is 0. The summed E-state index contributed by atoms with van der Waals surface area (Å²) in [5, 5.41) is 9.11. The van der Waals surface area contributed by atoms with Crippen LogP contribution in [0.4, 0.5) is 0 Å². The van der Waals surface area contributed by atoms with E-state index in [1.54, 1.807) is 21.0 Å². The second-order valence-electron chi connectivity index (χ2n) is 5.12. The van der Waals surface area contributed by atoms with Crippen LogP contribution < -0.4 is 0 Å². The second-order valence-corrected chi connectivity index (χ2v) is 5.12. The van der Waals surface area contributed by atoms with Crippen molar-refractivity contribution in [3.8, 4) is 0 Å². The van der Waals surface area contributed by atoms with E-state index < -0.39 is 17.8 Å². The lowest BCUT2D eigenvalue weighted by Gasteiger charge is -2.26. The number of rotatable bonds is 5. The van der Waals surface area contributed by atoms with Gasteiger partial charge in [-0.25, -0.2) is 0 Å². The van der Waals surface area contributed by atoms with Crippen molar-refractivity contribution in [1.29, 1.82) is 0 Å². The first kappa shape index (κ1) is 15.5. The van der Waals surface area contributed by atoms with E-state index in [0.717, 1.165) is 6.42 Å². The van der Waals surface area contributed by atoms with Crippen molar-refractivity contribution in [2.45, 2.75) is 26.2 Å². The van der Waals surface area contributed by atoms with Crippen molar-refractivity contribution in [3.63, 3.8) is 0 Å². The molecular weight excluding hydrogens is 248 g/mol. The average molecular weight is 270 g/mol. The van der Waals surface area contributed by atoms with Crippen molar-refractivity contribution in [3.05, 3.63) is 0 Å². The van der Waals surface area contributed by atoms with Crippen LogP contribution in [0.2, 0.25) is 0 Å². The summed E-state index contributed by atoms with van der Waals surface area (Å²) in [5.41, 5.74) is 0. The molecule has 0 heterocycles. The Kier molecular flexibility index (Phi) is 5.32. The molecule has 1 N–H and O–H groups in total. The molecule has 1 rings (SSSR count). The fourth-order valence-corrected chi connectivity index (χ4v) is 2.44. The zero-order valence-corrected chi connectivity index (χ0v) is 11.8. The Labute approximate surface area is 113 Å². The number of hydrogen-bond acceptors (Lipinski definition) is 3. The number of aliphatic carboxylic acids is 1. The lowest BCUT2D eigenvalue weighted by Crippen LogP contribution is -2.44. The number of carbonyl (C=O) groups excluding carboxylic acids is 2. The van der Waals surface area contributed by atoms with Crippen molar-refractivity contribution in [2.24, 2.45) is 11.8 Å². The van der Waals surface area contributed by atoms with Crippen molar-refractivity contribution < 1.29 is 19.5 Å². The van der Waals surface area contributed by atoms with Gasteiger partial charge in [0.2, 0.25) is 11.8 Å². The molecule has 0 aromatic carbocycles. The maximum Gasteiger partial charge on any atom is 0.307 e. The van der Waals surface area contributed by atoms with Gasteiger partial charge < -0.3 is 14.9 Å². The molecule has 1 aliphatic rings. The molecule has 108 valence electrons. The SMILES string of the molecule is CCN(CC(=O)N(C)C)C(=O)C1CCCC1C(=O)O. The second kappa shape index (κ2) is 6.54. The maximum atomic E-state index is 12.3. The third kappa shape index (κ3) is 3.68. The van der Waals surface area contributed by atoms with E-state index >= 15 is 0 Å². The Morgan fingerprint density at radius 3 is 2.21 bits per heavy atom. The van der Waals surface area contributed by atoms with Gasteiger partial charge in [-0.3, -0.25) is 14.4 Å². The first-order chi connectivity index (χ1) is 8.88. The van der Waals surface area contributed by atoms with Crippen LogP contribution >= 0.6 is 0 Å². The highest BCUT2D eigenvalue weighted by molar-refractivity contribution is 5.88. The first-order valence-corrected chi connectivity index (χ1v) is 6.60. The predicted molar refractivity (Wildman–Crippen MR) is 69.4 cm³/mol. The Bertz CT molecular complexity index is 368. The summed E-state index contributed by atoms with van der Waals surface area (Å²) in [6, 6.07) is 0. The van der Waals surface area contributed by atoms with Gasteiger partial charge in [0.05, 0.1) is 18.4 Å². The van der Waals surface area contributed by atoms with Crippen LogP contribution in [0.3, 0.4) is 0 Å². The van der Waals surface area contributed by atoms with Crippen LogP contribution in [0.15, 0.2) is 0 Å². The molecule has 0 aromatic rings. The van der Waals surface area contributed by atoms with Crippen LogP contribution in [-0.2, 0) is 14.4 Å². The normalized spacial score (nSPS) is 22.1. The van der Waals surface area contributed by atoms with Crippen LogP contribution in [-0.4, -0.2) is 59.9 Å². The lowest BCUT2D eigenvalue weighted by atomic mass is 9.94. The molecule has 2 unspecified atom stereocenters. The largest absolute Gasteiger partial charge is 0.481 e. The minimum absolute atomic E-state index is 0.0190. The highest BCUT2D eigenvalue weighted by Crippen LogP contribution is 2.33. The molecule has 1 aliphatic carbocycles. The standard InChI is InChI=1S/C13H22N2O4/c1-4-15(8-11(16)14(2)3)12(17)9-6-5-7-10(9)13(18)19/h9-10H,4-8H2,1-3H3,(H,18,19). The van der Waals surface area contributed by atoms with Gasteiger partial charge in [0.25, 0.3) is 0 Å². The maximum absolute atomic E-state index is 12.3. The monoisotopic (exact) mass is 270 g/mol. The third-order valence-electron chi connectivity index (χ3n) is 3.67. The fraction of sp³-hybridized carbons (Fsp3) is 0.769. The number of hydrogen-bond donors (Lipinski definition) is 1. The predicted octanol–water partition coefficient (Wildman–Crippen LogP) is 0.424. The van der Waals surface area contributed by atoms with Crippen molar-refractivity contribution in [2.75, 3.05) is 27.2 Å². The molecule has 19 heavy (non-hydrogen) atoms. The molecule has 0 saturated heterocycles. The van der Waals surface area contributed by atoms with Gasteiger partial charge in [-0.05, 0) is 19.8 Å². The summed E-state index contributed by atoms with van der Waals surface area (Å²) in [6.45, 7) is 2.23. The van der Waals surface area contributed by atoms with E-state index in [1.807, 2.05) is 0 Å². The summed E-state index contributed by atoms with van der Waals surface area (Å²) in [6.07, 6.45) is 1.90. The number of nitrogens with zero attached hydrogens (tertiary/aromatic N) is 2. The van der Waals surface area contributed by atoms with E-state index in [1.165, 1.54) is 9.80 Å². The summed E-state index contributed by atoms with van der Waals surface area (Å²) in [4.78, 5) is 38.0. The average Bonchev–Trinajstić information content (AvgIpc) is 2.83. The number of likely N-dealkylation sites (N-methyl/N-ethyl adjacent to an activating group) is 2. The fourth-order valence-electron chi connectivity index (χ4n) is 2.44. The smallest absolute Gasteiger partial charge is 0.307 e. The molecule has 2 amide bonds. The van der Waals surface area contributed by atoms with Gasteiger partial charge in [0.1, 0.15) is 0 Å². The number of carboxylic acids is 1. The molecule has 0 spiro atoms. The van der Waals surface area contributed by atoms with Gasteiger partial charge in [0.15, 0.2) is 0 Å². The van der Waals surface area contributed by atoms with Crippen LogP contribution in [0.1, 0.15) is 26.2 Å². The quantitative estimate of drug-likeness (QED) is 0.785. The van der Waals surface area contributed by atoms with E-state index in [0.29, 0.717) is 19.4 Å². The highest BCUT2D eigenvalue weighted by atomic mass is 16.4. The molecule has 2 atom stereocenters. The van der Waals surface area contributed by atoms with Crippen molar-refractivity contribution >= 4 is 17.8 Å². The van der Waals surface area contributed by atoms with Gasteiger partial charge in [-0.15, -0.1) is 0 Å². The molecule has 0 aromatic heterocycles. The van der Waals surface area contributed by atoms with Gasteiger partial charge in [0, 0.05) is 20.6 Å². The number of carbonyl (C=O) groups is 3. The third-order valence-corrected chi connectivity index (χ3v) is 3.67.